The predicted molar refractivity (Wildman–Crippen MR) is 233 cm³/mol. The Morgan fingerprint density at radius 3 is 1.73 bits per heavy atom. The van der Waals surface area contributed by atoms with Crippen molar-refractivity contribution in [2.24, 2.45) is 0 Å². The molecule has 0 bridgehead atoms. The highest BCUT2D eigenvalue weighted by Crippen LogP contribution is 2.45. The van der Waals surface area contributed by atoms with Crippen molar-refractivity contribution in [3.63, 3.8) is 0 Å². The molecule has 0 saturated carbocycles. The number of benzene rings is 9. The number of para-hydroxylation sites is 3. The van der Waals surface area contributed by atoms with Crippen molar-refractivity contribution in [1.82, 2.24) is 8.97 Å². The first-order valence-electron chi connectivity index (χ1n) is 18.9. The first-order chi connectivity index (χ1) is 27.3. The summed E-state index contributed by atoms with van der Waals surface area (Å²) in [6.07, 6.45) is 0. The second-order valence-corrected chi connectivity index (χ2v) is 14.5. The Morgan fingerprint density at radius 2 is 0.891 bits per heavy atom. The van der Waals surface area contributed by atoms with Crippen molar-refractivity contribution in [2.45, 2.75) is 0 Å². The molecule has 0 aliphatic rings. The molecule has 3 heterocycles. The minimum absolute atomic E-state index is 1.12. The van der Waals surface area contributed by atoms with Crippen molar-refractivity contribution < 1.29 is 0 Å². The Labute approximate surface area is 317 Å². The van der Waals surface area contributed by atoms with E-state index >= 15 is 0 Å². The Morgan fingerprint density at radius 1 is 0.327 bits per heavy atom. The number of anilines is 3. The average Bonchev–Trinajstić information content (AvgIpc) is 3.73. The average molecular weight is 700 g/mol. The maximum Gasteiger partial charge on any atom is 0.0619 e. The topological polar surface area (TPSA) is 12.6 Å². The summed E-state index contributed by atoms with van der Waals surface area (Å²) < 4.78 is 5.00. The quantitative estimate of drug-likeness (QED) is 0.174. The van der Waals surface area contributed by atoms with E-state index in [0.717, 1.165) is 17.1 Å². The van der Waals surface area contributed by atoms with Crippen LogP contribution in [-0.2, 0) is 0 Å². The molecule has 3 aromatic heterocycles. The van der Waals surface area contributed by atoms with E-state index in [4.69, 9.17) is 0 Å². The van der Waals surface area contributed by atoms with Crippen LogP contribution in [0.5, 0.6) is 0 Å². The lowest BCUT2D eigenvalue weighted by molar-refractivity contribution is 1.20. The van der Waals surface area contributed by atoms with Gasteiger partial charge in [0.2, 0.25) is 0 Å². The van der Waals surface area contributed by atoms with Gasteiger partial charge in [-0.15, -0.1) is 0 Å². The first kappa shape index (κ1) is 30.1. The highest BCUT2D eigenvalue weighted by molar-refractivity contribution is 6.31. The van der Waals surface area contributed by atoms with Crippen LogP contribution in [0.15, 0.2) is 200 Å². The molecule has 0 radical (unpaired) electrons. The van der Waals surface area contributed by atoms with Crippen molar-refractivity contribution >= 4 is 87.7 Å². The standard InChI is InChI=1S/C52H33N3/c1-3-13-34(14-4-1)35-27-29-38(30-28-35)53(37-16-5-2-6-17-37)39-31-32-40-36(33-39)15-9-23-45(40)54-47-24-11-19-42-44-21-10-20-43-41-18-7-8-22-46(41)55(52(43)44)49-26-12-25-48(54)51(49)50(42)47/h1-33H. The van der Waals surface area contributed by atoms with Gasteiger partial charge < -0.3 is 13.9 Å². The maximum absolute atomic E-state index is 2.51. The molecule has 0 unspecified atom stereocenters. The van der Waals surface area contributed by atoms with Gasteiger partial charge in [-0.25, -0.2) is 0 Å². The molecule has 0 saturated heterocycles. The highest BCUT2D eigenvalue weighted by atomic mass is 15.1. The van der Waals surface area contributed by atoms with Crippen molar-refractivity contribution in [3.8, 4) is 16.8 Å². The molecule has 12 rings (SSSR count). The van der Waals surface area contributed by atoms with E-state index in [2.05, 4.69) is 214 Å². The Balaban J connectivity index is 1.09. The summed E-state index contributed by atoms with van der Waals surface area (Å²) in [4.78, 5) is 2.35. The monoisotopic (exact) mass is 699 g/mol. The molecule has 55 heavy (non-hydrogen) atoms. The molecule has 12 aromatic rings. The first-order valence-corrected chi connectivity index (χ1v) is 18.9. The van der Waals surface area contributed by atoms with Crippen LogP contribution >= 0.6 is 0 Å². The van der Waals surface area contributed by atoms with Gasteiger partial charge in [0, 0.05) is 49.4 Å². The number of hydrogen-bond acceptors (Lipinski definition) is 1. The highest BCUT2D eigenvalue weighted by Gasteiger charge is 2.22. The molecule has 3 nitrogen and oxygen atoms in total. The minimum atomic E-state index is 1.12. The van der Waals surface area contributed by atoms with Gasteiger partial charge in [0.25, 0.3) is 0 Å². The van der Waals surface area contributed by atoms with Crippen LogP contribution in [0.25, 0.3) is 87.5 Å². The zero-order chi connectivity index (χ0) is 36.0. The third-order valence-electron chi connectivity index (χ3n) is 11.6. The third-order valence-corrected chi connectivity index (χ3v) is 11.6. The van der Waals surface area contributed by atoms with Gasteiger partial charge >= 0.3 is 0 Å². The Bertz CT molecular complexity index is 3410. The van der Waals surface area contributed by atoms with Gasteiger partial charge in [0.1, 0.15) is 0 Å². The van der Waals surface area contributed by atoms with Crippen molar-refractivity contribution in [3.05, 3.63) is 200 Å². The molecule has 3 heteroatoms. The summed E-state index contributed by atoms with van der Waals surface area (Å²) in [5, 5.41) is 10.1. The second-order valence-electron chi connectivity index (χ2n) is 14.5. The molecule has 0 spiro atoms. The maximum atomic E-state index is 2.51. The van der Waals surface area contributed by atoms with Crippen LogP contribution in [0.3, 0.4) is 0 Å². The van der Waals surface area contributed by atoms with Gasteiger partial charge in [-0.2, -0.15) is 0 Å². The van der Waals surface area contributed by atoms with Crippen LogP contribution in [0.1, 0.15) is 0 Å². The van der Waals surface area contributed by atoms with Crippen LogP contribution in [-0.4, -0.2) is 8.97 Å². The SMILES string of the molecule is c1ccc(-c2ccc(N(c3ccccc3)c3ccc4c(-n5c6cccc7c8cccc9c%10ccccc%10n(c%10cccc5c%10c76)c89)cccc4c3)cc2)cc1. The lowest BCUT2D eigenvalue weighted by Gasteiger charge is -2.26. The molecule has 0 N–H and O–H groups in total. The van der Waals surface area contributed by atoms with E-state index in [0.29, 0.717) is 0 Å². The smallest absolute Gasteiger partial charge is 0.0619 e. The van der Waals surface area contributed by atoms with Gasteiger partial charge in [-0.3, -0.25) is 0 Å². The van der Waals surface area contributed by atoms with Crippen LogP contribution in [0, 0.1) is 0 Å². The molecule has 0 amide bonds. The van der Waals surface area contributed by atoms with Crippen LogP contribution in [0.4, 0.5) is 17.1 Å². The van der Waals surface area contributed by atoms with Crippen LogP contribution in [0.2, 0.25) is 0 Å². The Hall–Kier alpha value is -7.36. The minimum Gasteiger partial charge on any atom is -0.310 e. The van der Waals surface area contributed by atoms with Gasteiger partial charge in [-0.05, 0) is 88.6 Å². The van der Waals surface area contributed by atoms with Crippen molar-refractivity contribution in [1.29, 1.82) is 0 Å². The molecular weight excluding hydrogens is 667 g/mol. The molecule has 0 fully saturated rings. The molecule has 256 valence electrons. The number of aromatic nitrogens is 2. The van der Waals surface area contributed by atoms with Gasteiger partial charge in [0.05, 0.1) is 33.3 Å². The fraction of sp³-hybridized carbons (Fsp3) is 0. The number of rotatable bonds is 5. The summed E-state index contributed by atoms with van der Waals surface area (Å²) in [6.45, 7) is 0. The molecule has 0 aliphatic carbocycles. The number of nitrogens with zero attached hydrogens (tertiary/aromatic N) is 3. The van der Waals surface area contributed by atoms with E-state index in [9.17, 15) is 0 Å². The van der Waals surface area contributed by atoms with E-state index in [1.807, 2.05) is 0 Å². The van der Waals surface area contributed by atoms with E-state index in [1.54, 1.807) is 0 Å². The normalized spacial score (nSPS) is 12.0. The Kier molecular flexibility index (Phi) is 6.34. The zero-order valence-electron chi connectivity index (χ0n) is 29.9. The molecule has 9 aromatic carbocycles. The fourth-order valence-electron chi connectivity index (χ4n) is 9.29. The third kappa shape index (κ3) is 4.32. The summed E-state index contributed by atoms with van der Waals surface area (Å²) >= 11 is 0. The van der Waals surface area contributed by atoms with Gasteiger partial charge in [0.15, 0.2) is 0 Å². The summed E-state index contributed by atoms with van der Waals surface area (Å²) in [7, 11) is 0. The summed E-state index contributed by atoms with van der Waals surface area (Å²) in [5.41, 5.74) is 13.1. The lowest BCUT2D eigenvalue weighted by Crippen LogP contribution is -2.09. The molecular formula is C52H33N3. The summed E-state index contributed by atoms with van der Waals surface area (Å²) in [5.74, 6) is 0. The molecule has 0 atom stereocenters. The van der Waals surface area contributed by atoms with E-state index < -0.39 is 0 Å². The largest absolute Gasteiger partial charge is 0.310 e. The zero-order valence-corrected chi connectivity index (χ0v) is 29.9. The molecule has 0 aliphatic heterocycles. The fourth-order valence-corrected chi connectivity index (χ4v) is 9.29. The number of hydrogen-bond donors (Lipinski definition) is 0. The lowest BCUT2D eigenvalue weighted by atomic mass is 10.0. The van der Waals surface area contributed by atoms with Gasteiger partial charge in [-0.1, -0.05) is 133 Å². The van der Waals surface area contributed by atoms with E-state index in [-0.39, 0.29) is 0 Å². The van der Waals surface area contributed by atoms with E-state index in [1.165, 1.54) is 87.5 Å². The summed E-state index contributed by atoms with van der Waals surface area (Å²) in [6, 6.07) is 73.1. The van der Waals surface area contributed by atoms with Crippen LogP contribution < -0.4 is 4.90 Å². The number of fused-ring (bicyclic) bond motifs is 6. The van der Waals surface area contributed by atoms with Crippen molar-refractivity contribution in [2.75, 3.05) is 4.90 Å². The predicted octanol–water partition coefficient (Wildman–Crippen LogP) is 14.2. The second kappa shape index (κ2) is 11.6.